The summed E-state index contributed by atoms with van der Waals surface area (Å²) in [5, 5.41) is 0. The third-order valence-electron chi connectivity index (χ3n) is 3.76. The standard InChI is InChI=1S/C16H24N2O2/c1-13(19)12-16(17(2)3)14-4-6-15(7-5-14)18-8-10-20-11-9-18/h4-7,16H,8-12H2,1-3H3. The van der Waals surface area contributed by atoms with Crippen LogP contribution >= 0.6 is 0 Å². The number of hydrogen-bond donors (Lipinski definition) is 0. The molecular formula is C16H24N2O2. The summed E-state index contributed by atoms with van der Waals surface area (Å²) in [4.78, 5) is 15.8. The molecule has 20 heavy (non-hydrogen) atoms. The lowest BCUT2D eigenvalue weighted by molar-refractivity contribution is -0.118. The smallest absolute Gasteiger partial charge is 0.131 e. The Morgan fingerprint density at radius 2 is 1.85 bits per heavy atom. The van der Waals surface area contributed by atoms with Gasteiger partial charge in [-0.2, -0.15) is 0 Å². The maximum Gasteiger partial charge on any atom is 0.131 e. The van der Waals surface area contributed by atoms with E-state index in [1.807, 2.05) is 14.1 Å². The zero-order valence-corrected chi connectivity index (χ0v) is 12.6. The zero-order chi connectivity index (χ0) is 14.5. The number of ether oxygens (including phenoxy) is 1. The summed E-state index contributed by atoms with van der Waals surface area (Å²) in [6, 6.07) is 8.73. The molecule has 0 N–H and O–H groups in total. The van der Waals surface area contributed by atoms with Gasteiger partial charge < -0.3 is 14.5 Å². The van der Waals surface area contributed by atoms with E-state index >= 15 is 0 Å². The molecule has 1 saturated heterocycles. The Bertz CT molecular complexity index is 436. The van der Waals surface area contributed by atoms with Crippen LogP contribution in [0.1, 0.15) is 24.9 Å². The van der Waals surface area contributed by atoms with Crippen molar-refractivity contribution in [2.75, 3.05) is 45.3 Å². The van der Waals surface area contributed by atoms with E-state index in [2.05, 4.69) is 34.1 Å². The average Bonchev–Trinajstić information content (AvgIpc) is 2.45. The largest absolute Gasteiger partial charge is 0.378 e. The van der Waals surface area contributed by atoms with E-state index in [1.54, 1.807) is 6.92 Å². The number of Topliss-reactive ketones (excluding diaryl/α,β-unsaturated/α-hetero) is 1. The molecule has 0 amide bonds. The SMILES string of the molecule is CC(=O)CC(c1ccc(N2CCOCC2)cc1)N(C)C. The quantitative estimate of drug-likeness (QED) is 0.824. The molecule has 4 nitrogen and oxygen atoms in total. The van der Waals surface area contributed by atoms with Gasteiger partial charge in [0.2, 0.25) is 0 Å². The highest BCUT2D eigenvalue weighted by atomic mass is 16.5. The second kappa shape index (κ2) is 6.86. The van der Waals surface area contributed by atoms with Gasteiger partial charge in [0.1, 0.15) is 5.78 Å². The van der Waals surface area contributed by atoms with Crippen LogP contribution in [0.25, 0.3) is 0 Å². The van der Waals surface area contributed by atoms with Crippen LogP contribution in [0, 0.1) is 0 Å². The Hall–Kier alpha value is -1.39. The molecule has 0 aliphatic carbocycles. The molecular weight excluding hydrogens is 252 g/mol. The van der Waals surface area contributed by atoms with Gasteiger partial charge in [-0.15, -0.1) is 0 Å². The number of anilines is 1. The van der Waals surface area contributed by atoms with Crippen molar-refractivity contribution in [3.05, 3.63) is 29.8 Å². The van der Waals surface area contributed by atoms with E-state index in [0.29, 0.717) is 6.42 Å². The van der Waals surface area contributed by atoms with Crippen LogP contribution < -0.4 is 4.90 Å². The molecule has 1 fully saturated rings. The van der Waals surface area contributed by atoms with E-state index in [4.69, 9.17) is 4.74 Å². The topological polar surface area (TPSA) is 32.8 Å². The van der Waals surface area contributed by atoms with Crippen molar-refractivity contribution >= 4 is 11.5 Å². The molecule has 1 unspecified atom stereocenters. The molecule has 1 aliphatic heterocycles. The number of ketones is 1. The first kappa shape index (κ1) is 15.0. The van der Waals surface area contributed by atoms with Gasteiger partial charge in [0.15, 0.2) is 0 Å². The Kier molecular flexibility index (Phi) is 5.15. The Balaban J connectivity index is 2.10. The monoisotopic (exact) mass is 276 g/mol. The minimum atomic E-state index is 0.159. The van der Waals surface area contributed by atoms with E-state index < -0.39 is 0 Å². The summed E-state index contributed by atoms with van der Waals surface area (Å²) in [6.07, 6.45) is 0.559. The lowest BCUT2D eigenvalue weighted by atomic mass is 10.0. The Morgan fingerprint density at radius 3 is 2.35 bits per heavy atom. The van der Waals surface area contributed by atoms with Crippen molar-refractivity contribution in [1.29, 1.82) is 0 Å². The molecule has 0 radical (unpaired) electrons. The van der Waals surface area contributed by atoms with Gasteiger partial charge >= 0.3 is 0 Å². The van der Waals surface area contributed by atoms with Crippen molar-refractivity contribution in [3.63, 3.8) is 0 Å². The molecule has 4 heteroatoms. The maximum atomic E-state index is 11.4. The van der Waals surface area contributed by atoms with E-state index in [-0.39, 0.29) is 11.8 Å². The fourth-order valence-electron chi connectivity index (χ4n) is 2.60. The predicted octanol–water partition coefficient (Wildman–Crippen LogP) is 2.10. The number of benzene rings is 1. The van der Waals surface area contributed by atoms with E-state index in [0.717, 1.165) is 26.3 Å². The second-order valence-corrected chi connectivity index (χ2v) is 5.58. The Morgan fingerprint density at radius 1 is 1.25 bits per heavy atom. The van der Waals surface area contributed by atoms with Gasteiger partial charge in [0.25, 0.3) is 0 Å². The van der Waals surface area contributed by atoms with Gasteiger partial charge in [-0.3, -0.25) is 4.79 Å². The summed E-state index contributed by atoms with van der Waals surface area (Å²) in [5.41, 5.74) is 2.43. The number of rotatable bonds is 5. The third kappa shape index (κ3) is 3.81. The summed E-state index contributed by atoms with van der Waals surface area (Å²) < 4.78 is 5.37. The van der Waals surface area contributed by atoms with Crippen molar-refractivity contribution in [3.8, 4) is 0 Å². The number of carbonyl (C=O) groups is 1. The number of carbonyl (C=O) groups excluding carboxylic acids is 1. The average molecular weight is 276 g/mol. The van der Waals surface area contributed by atoms with Crippen LogP contribution in [0.15, 0.2) is 24.3 Å². The highest BCUT2D eigenvalue weighted by molar-refractivity contribution is 5.76. The van der Waals surface area contributed by atoms with E-state index in [1.165, 1.54) is 11.3 Å². The van der Waals surface area contributed by atoms with Gasteiger partial charge in [-0.25, -0.2) is 0 Å². The molecule has 0 spiro atoms. The van der Waals surface area contributed by atoms with Gasteiger partial charge in [0.05, 0.1) is 13.2 Å². The molecule has 1 aromatic rings. The second-order valence-electron chi connectivity index (χ2n) is 5.58. The molecule has 110 valence electrons. The predicted molar refractivity (Wildman–Crippen MR) is 81.2 cm³/mol. The van der Waals surface area contributed by atoms with Gasteiger partial charge in [-0.1, -0.05) is 12.1 Å². The van der Waals surface area contributed by atoms with Crippen LogP contribution in [-0.4, -0.2) is 51.1 Å². The molecule has 2 rings (SSSR count). The van der Waals surface area contributed by atoms with Crippen molar-refractivity contribution < 1.29 is 9.53 Å². The summed E-state index contributed by atoms with van der Waals surface area (Å²) >= 11 is 0. The number of hydrogen-bond acceptors (Lipinski definition) is 4. The van der Waals surface area contributed by atoms with Crippen LogP contribution in [0.4, 0.5) is 5.69 Å². The van der Waals surface area contributed by atoms with Crippen LogP contribution in [0.2, 0.25) is 0 Å². The van der Waals surface area contributed by atoms with Crippen LogP contribution in [0.5, 0.6) is 0 Å². The highest BCUT2D eigenvalue weighted by Crippen LogP contribution is 2.25. The van der Waals surface area contributed by atoms with Gasteiger partial charge in [-0.05, 0) is 38.7 Å². The molecule has 0 saturated carbocycles. The zero-order valence-electron chi connectivity index (χ0n) is 12.6. The minimum absolute atomic E-state index is 0.159. The fraction of sp³-hybridized carbons (Fsp3) is 0.562. The fourth-order valence-corrected chi connectivity index (χ4v) is 2.60. The lowest BCUT2D eigenvalue weighted by Gasteiger charge is -2.29. The molecule has 1 atom stereocenters. The summed E-state index contributed by atoms with van der Waals surface area (Å²) in [7, 11) is 4.03. The first-order valence-corrected chi connectivity index (χ1v) is 7.16. The summed E-state index contributed by atoms with van der Waals surface area (Å²) in [6.45, 7) is 5.14. The Labute approximate surface area is 121 Å². The first-order chi connectivity index (χ1) is 9.58. The lowest BCUT2D eigenvalue weighted by Crippen LogP contribution is -2.36. The van der Waals surface area contributed by atoms with Crippen molar-refractivity contribution in [2.45, 2.75) is 19.4 Å². The third-order valence-corrected chi connectivity index (χ3v) is 3.76. The molecule has 0 bridgehead atoms. The maximum absolute atomic E-state index is 11.4. The first-order valence-electron chi connectivity index (χ1n) is 7.16. The van der Waals surface area contributed by atoms with E-state index in [9.17, 15) is 4.79 Å². The summed E-state index contributed by atoms with van der Waals surface area (Å²) in [5.74, 6) is 0.223. The highest BCUT2D eigenvalue weighted by Gasteiger charge is 2.17. The molecule has 1 heterocycles. The molecule has 1 aromatic carbocycles. The van der Waals surface area contributed by atoms with Crippen LogP contribution in [0.3, 0.4) is 0 Å². The molecule has 0 aromatic heterocycles. The molecule has 1 aliphatic rings. The number of nitrogens with zero attached hydrogens (tertiary/aromatic N) is 2. The van der Waals surface area contributed by atoms with Crippen molar-refractivity contribution in [2.24, 2.45) is 0 Å². The minimum Gasteiger partial charge on any atom is -0.378 e. The van der Waals surface area contributed by atoms with Crippen LogP contribution in [-0.2, 0) is 9.53 Å². The normalized spacial score (nSPS) is 17.3. The number of morpholine rings is 1. The van der Waals surface area contributed by atoms with Crippen molar-refractivity contribution in [1.82, 2.24) is 4.90 Å². The van der Waals surface area contributed by atoms with Gasteiger partial charge in [0, 0.05) is 31.2 Å².